The van der Waals surface area contributed by atoms with E-state index in [1.165, 1.54) is 57.8 Å². The zero-order chi connectivity index (χ0) is 44.4. The molecule has 0 spiro atoms. The highest BCUT2D eigenvalue weighted by molar-refractivity contribution is 7.47. The number of phosphoric acid groups is 1. The molecule has 1 rings (SSSR count). The van der Waals surface area contributed by atoms with Crippen molar-refractivity contribution in [2.75, 3.05) is 13.2 Å². The Morgan fingerprint density at radius 2 is 1.08 bits per heavy atom. The van der Waals surface area contributed by atoms with Gasteiger partial charge in [0, 0.05) is 12.8 Å². The van der Waals surface area contributed by atoms with Gasteiger partial charge in [0.15, 0.2) is 6.10 Å². The predicted octanol–water partition coefficient (Wildman–Crippen LogP) is 7.14. The third-order valence-electron chi connectivity index (χ3n) is 10.0. The van der Waals surface area contributed by atoms with Gasteiger partial charge in [-0.3, -0.25) is 18.6 Å². The molecule has 0 saturated heterocycles. The van der Waals surface area contributed by atoms with E-state index in [1.807, 2.05) is 43.4 Å². The van der Waals surface area contributed by atoms with E-state index in [4.69, 9.17) is 18.5 Å². The summed E-state index contributed by atoms with van der Waals surface area (Å²) in [5.41, 5.74) is 0. The third-order valence-corrected chi connectivity index (χ3v) is 11.0. The molecule has 1 saturated carbocycles. The van der Waals surface area contributed by atoms with Gasteiger partial charge in [-0.25, -0.2) is 4.57 Å². The molecule has 0 aromatic carbocycles. The number of allylic oxidation sites excluding steroid dienone is 9. The summed E-state index contributed by atoms with van der Waals surface area (Å²) in [6.07, 6.45) is 25.2. The molecule has 0 heterocycles. The number of esters is 2. The number of phosphoric ester groups is 1. The van der Waals surface area contributed by atoms with Crippen LogP contribution < -0.4 is 0 Å². The molecule has 0 amide bonds. The van der Waals surface area contributed by atoms with Crippen LogP contribution in [-0.2, 0) is 32.7 Å². The summed E-state index contributed by atoms with van der Waals surface area (Å²) in [4.78, 5) is 35.6. The average molecular weight is 873 g/mol. The van der Waals surface area contributed by atoms with Gasteiger partial charge < -0.3 is 45.0 Å². The van der Waals surface area contributed by atoms with Gasteiger partial charge in [0.25, 0.3) is 0 Å². The largest absolute Gasteiger partial charge is 0.472 e. The molecular formula is C45H77O14P. The minimum absolute atomic E-state index is 0.00362. The Bertz CT molecular complexity index is 1300. The molecule has 0 aliphatic heterocycles. The van der Waals surface area contributed by atoms with E-state index in [0.29, 0.717) is 25.7 Å². The smallest absolute Gasteiger partial charge is 0.462 e. The lowest BCUT2D eigenvalue weighted by Crippen LogP contribution is -2.64. The van der Waals surface area contributed by atoms with Crippen LogP contribution in [0.4, 0.5) is 0 Å². The molecule has 1 aliphatic carbocycles. The minimum Gasteiger partial charge on any atom is -0.462 e. The second kappa shape index (κ2) is 35.0. The Labute approximate surface area is 358 Å². The van der Waals surface area contributed by atoms with Crippen LogP contribution in [0, 0.1) is 0 Å². The summed E-state index contributed by atoms with van der Waals surface area (Å²) in [5, 5.41) is 59.6. The molecule has 14 nitrogen and oxygen atoms in total. The van der Waals surface area contributed by atoms with Gasteiger partial charge >= 0.3 is 19.8 Å². The summed E-state index contributed by atoms with van der Waals surface area (Å²) < 4.78 is 33.4. The summed E-state index contributed by atoms with van der Waals surface area (Å²) in [5.74, 6) is -1.19. The van der Waals surface area contributed by atoms with E-state index < -0.39 is 81.8 Å². The van der Waals surface area contributed by atoms with Crippen LogP contribution in [0.25, 0.3) is 0 Å². The van der Waals surface area contributed by atoms with Gasteiger partial charge in [-0.15, -0.1) is 0 Å². The second-order valence-corrected chi connectivity index (χ2v) is 16.8. The number of rotatable bonds is 35. The molecule has 9 atom stereocenters. The van der Waals surface area contributed by atoms with E-state index in [0.717, 1.165) is 38.5 Å². The van der Waals surface area contributed by atoms with Crippen molar-refractivity contribution in [1.29, 1.82) is 0 Å². The first kappa shape index (κ1) is 55.5. The second-order valence-electron chi connectivity index (χ2n) is 15.4. The molecule has 1 aliphatic rings. The third kappa shape index (κ3) is 27.5. The molecule has 0 bridgehead atoms. The van der Waals surface area contributed by atoms with Crippen LogP contribution in [0.15, 0.2) is 60.8 Å². The number of ether oxygens (including phenoxy) is 2. The van der Waals surface area contributed by atoms with Gasteiger partial charge in [0.2, 0.25) is 0 Å². The molecule has 0 aromatic rings. The minimum atomic E-state index is -5.14. The highest BCUT2D eigenvalue weighted by atomic mass is 31.2. The van der Waals surface area contributed by atoms with Gasteiger partial charge in [-0.2, -0.15) is 0 Å². The molecule has 0 aromatic heterocycles. The molecule has 15 heteroatoms. The van der Waals surface area contributed by atoms with Crippen LogP contribution in [0.5, 0.6) is 0 Å². The van der Waals surface area contributed by atoms with E-state index in [2.05, 4.69) is 25.2 Å². The number of carbonyl (C=O) groups is 2. The molecular weight excluding hydrogens is 795 g/mol. The van der Waals surface area contributed by atoms with Crippen LogP contribution in [0.3, 0.4) is 0 Å². The van der Waals surface area contributed by atoms with Crippen LogP contribution >= 0.6 is 7.82 Å². The first-order valence-corrected chi connectivity index (χ1v) is 23.7. The van der Waals surface area contributed by atoms with Crippen LogP contribution in [0.1, 0.15) is 149 Å². The zero-order valence-corrected chi connectivity index (χ0v) is 37.0. The fourth-order valence-electron chi connectivity index (χ4n) is 6.27. The van der Waals surface area contributed by atoms with E-state index in [-0.39, 0.29) is 12.8 Å². The Kier molecular flexibility index (Phi) is 32.4. The molecule has 0 radical (unpaired) electrons. The highest BCUT2D eigenvalue weighted by Crippen LogP contribution is 2.47. The molecule has 7 N–H and O–H groups in total. The monoisotopic (exact) mass is 873 g/mol. The maximum atomic E-state index is 12.8. The highest BCUT2D eigenvalue weighted by Gasteiger charge is 2.51. The van der Waals surface area contributed by atoms with Crippen molar-refractivity contribution in [2.45, 2.75) is 198 Å². The van der Waals surface area contributed by atoms with Gasteiger partial charge in [-0.05, 0) is 44.9 Å². The normalized spacial score (nSPS) is 23.3. The van der Waals surface area contributed by atoms with Crippen molar-refractivity contribution in [3.8, 4) is 0 Å². The Morgan fingerprint density at radius 3 is 1.63 bits per heavy atom. The molecule has 60 heavy (non-hydrogen) atoms. The fourth-order valence-corrected chi connectivity index (χ4v) is 7.25. The number of hydrogen-bond acceptors (Lipinski definition) is 13. The zero-order valence-electron chi connectivity index (χ0n) is 36.1. The lowest BCUT2D eigenvalue weighted by Gasteiger charge is -2.41. The van der Waals surface area contributed by atoms with Crippen molar-refractivity contribution >= 4 is 19.8 Å². The lowest BCUT2D eigenvalue weighted by atomic mass is 9.85. The Hall–Kier alpha value is -2.49. The van der Waals surface area contributed by atoms with E-state index in [1.54, 1.807) is 6.08 Å². The Balaban J connectivity index is 2.54. The predicted molar refractivity (Wildman–Crippen MR) is 232 cm³/mol. The quantitative estimate of drug-likeness (QED) is 0.0110. The van der Waals surface area contributed by atoms with Crippen molar-refractivity contribution < 1.29 is 68.2 Å². The van der Waals surface area contributed by atoms with Crippen molar-refractivity contribution in [1.82, 2.24) is 0 Å². The van der Waals surface area contributed by atoms with Crippen molar-refractivity contribution in [2.24, 2.45) is 0 Å². The van der Waals surface area contributed by atoms with Gasteiger partial charge in [-0.1, -0.05) is 152 Å². The topological polar surface area (TPSA) is 230 Å². The number of carbonyl (C=O) groups excluding carboxylic acids is 2. The van der Waals surface area contributed by atoms with Gasteiger partial charge in [0.1, 0.15) is 43.2 Å². The van der Waals surface area contributed by atoms with Crippen molar-refractivity contribution in [3.63, 3.8) is 0 Å². The van der Waals surface area contributed by atoms with E-state index in [9.17, 15) is 49.7 Å². The number of aliphatic hydroxyl groups excluding tert-OH is 6. The maximum Gasteiger partial charge on any atom is 0.472 e. The molecule has 346 valence electrons. The standard InChI is InChI=1S/C45H77O14P/c1-3-5-6-7-8-9-10-13-17-20-23-26-29-32-38(47)56-34-37(35-57-60(54,55)59-45-43(52)41(50)40(49)42(51)44(45)53)58-39(48)33-30-27-24-21-18-15-12-11-14-16-19-22-25-28-31-36(46)4-2/h12,14-16,21-22,24-25,28,31,36-37,40-46,49-53H,3-11,13,17-20,23,26-27,29-30,32-35H2,1-2H3,(H,54,55)/b15-12-,16-14-,24-21-,25-22-,31-28+/t36-,37-,40?,41-,42+,43-,44-,45?/m1/s1. The first-order valence-electron chi connectivity index (χ1n) is 22.2. The summed E-state index contributed by atoms with van der Waals surface area (Å²) >= 11 is 0. The fraction of sp³-hybridized carbons (Fsp3) is 0.733. The van der Waals surface area contributed by atoms with E-state index >= 15 is 0 Å². The lowest BCUT2D eigenvalue weighted by molar-refractivity contribution is -0.220. The first-order chi connectivity index (χ1) is 28.8. The average Bonchev–Trinajstić information content (AvgIpc) is 3.23. The summed E-state index contributed by atoms with van der Waals surface area (Å²) in [7, 11) is -5.14. The Morgan fingerprint density at radius 1 is 0.600 bits per heavy atom. The van der Waals surface area contributed by atoms with Crippen LogP contribution in [0.2, 0.25) is 0 Å². The number of aliphatic hydroxyl groups is 6. The molecule has 3 unspecified atom stereocenters. The van der Waals surface area contributed by atoms with Crippen LogP contribution in [-0.4, -0.2) is 110 Å². The summed E-state index contributed by atoms with van der Waals surface area (Å²) in [6.45, 7) is 2.90. The summed E-state index contributed by atoms with van der Waals surface area (Å²) in [6, 6.07) is 0. The van der Waals surface area contributed by atoms with Crippen molar-refractivity contribution in [3.05, 3.63) is 60.8 Å². The SMILES string of the molecule is CCCCCCCCCCCCCCCC(=O)OC[C@H](COP(=O)(O)OC1[C@H](O)[C@H](O)C(O)[C@H](O)[C@H]1O)OC(=O)CCC/C=C\C/C=C\C/C=C\C/C=C\C=C\[C@H](O)CC. The number of hydrogen-bond donors (Lipinski definition) is 7. The molecule has 1 fully saturated rings. The number of unbranched alkanes of at least 4 members (excludes halogenated alkanes) is 13. The maximum absolute atomic E-state index is 12.8. The van der Waals surface area contributed by atoms with Gasteiger partial charge in [0.05, 0.1) is 12.7 Å².